The summed E-state index contributed by atoms with van der Waals surface area (Å²) in [6, 6.07) is 28.6. The van der Waals surface area contributed by atoms with Gasteiger partial charge in [0.25, 0.3) is 5.24 Å². The molecule has 0 bridgehead atoms. The quantitative estimate of drug-likeness (QED) is 0.192. The van der Waals surface area contributed by atoms with E-state index in [1.807, 2.05) is 66.7 Å². The van der Waals surface area contributed by atoms with E-state index in [-0.39, 0.29) is 11.3 Å². The molecule has 5 aromatic carbocycles. The van der Waals surface area contributed by atoms with Crippen LogP contribution in [0.2, 0.25) is 0 Å². The Hall–Kier alpha value is -3.49. The van der Waals surface area contributed by atoms with Crippen LogP contribution in [-0.2, 0) is 0 Å². The Morgan fingerprint density at radius 3 is 1.62 bits per heavy atom. The lowest BCUT2D eigenvalue weighted by Crippen LogP contribution is -2.09. The molecule has 5 aromatic rings. The van der Waals surface area contributed by atoms with Gasteiger partial charge in [-0.1, -0.05) is 84.9 Å². The summed E-state index contributed by atoms with van der Waals surface area (Å²) in [5, 5.41) is 5.18. The van der Waals surface area contributed by atoms with Gasteiger partial charge in [0.2, 0.25) is 0 Å². The van der Waals surface area contributed by atoms with Crippen LogP contribution in [0.15, 0.2) is 91.0 Å². The van der Waals surface area contributed by atoms with Gasteiger partial charge in [-0.2, -0.15) is 0 Å². The van der Waals surface area contributed by atoms with Crippen molar-refractivity contribution in [3.8, 4) is 0 Å². The Bertz CT molecular complexity index is 1400. The highest BCUT2D eigenvalue weighted by molar-refractivity contribution is 6.68. The third kappa shape index (κ3) is 2.72. The molecule has 5 rings (SSSR count). The van der Waals surface area contributed by atoms with Crippen LogP contribution in [0.25, 0.3) is 32.3 Å². The molecule has 0 saturated carbocycles. The first-order valence-electron chi connectivity index (χ1n) is 9.32. The van der Waals surface area contributed by atoms with E-state index in [9.17, 15) is 9.59 Å². The molecule has 29 heavy (non-hydrogen) atoms. The molecule has 0 aliphatic carbocycles. The summed E-state index contributed by atoms with van der Waals surface area (Å²) in [5.41, 5.74) is 1.11. The van der Waals surface area contributed by atoms with Crippen LogP contribution in [0.4, 0.5) is 0 Å². The molecular formula is C26H15ClO2. The second kappa shape index (κ2) is 6.84. The van der Waals surface area contributed by atoms with Crippen LogP contribution in [-0.4, -0.2) is 11.0 Å². The van der Waals surface area contributed by atoms with Gasteiger partial charge in [-0.3, -0.25) is 9.59 Å². The monoisotopic (exact) mass is 394 g/mol. The van der Waals surface area contributed by atoms with Crippen molar-refractivity contribution in [2.75, 3.05) is 0 Å². The van der Waals surface area contributed by atoms with Crippen molar-refractivity contribution in [2.45, 2.75) is 0 Å². The first kappa shape index (κ1) is 17.6. The lowest BCUT2D eigenvalue weighted by atomic mass is 9.87. The lowest BCUT2D eigenvalue weighted by Gasteiger charge is -2.15. The molecule has 0 radical (unpaired) electrons. The Kier molecular flexibility index (Phi) is 4.15. The molecule has 3 heteroatoms. The molecule has 0 fully saturated rings. The van der Waals surface area contributed by atoms with E-state index in [4.69, 9.17) is 11.6 Å². The highest BCUT2D eigenvalue weighted by atomic mass is 35.5. The van der Waals surface area contributed by atoms with Crippen molar-refractivity contribution in [3.63, 3.8) is 0 Å². The Balaban J connectivity index is 2.04. The Morgan fingerprint density at radius 2 is 1.03 bits per heavy atom. The molecule has 0 amide bonds. The van der Waals surface area contributed by atoms with Gasteiger partial charge in [-0.05, 0) is 44.6 Å². The fourth-order valence-electron chi connectivity index (χ4n) is 4.13. The smallest absolute Gasteiger partial charge is 0.253 e. The number of carbonyl (C=O) groups is 2. The predicted octanol–water partition coefficient (Wildman–Crippen LogP) is 6.76. The first-order chi connectivity index (χ1) is 14.2. The maximum atomic E-state index is 13.6. The van der Waals surface area contributed by atoms with E-state index in [0.717, 1.165) is 32.3 Å². The van der Waals surface area contributed by atoms with Crippen molar-refractivity contribution >= 4 is 54.9 Å². The highest BCUT2D eigenvalue weighted by Gasteiger charge is 2.23. The van der Waals surface area contributed by atoms with Crippen molar-refractivity contribution in [1.82, 2.24) is 0 Å². The minimum absolute atomic E-state index is 0.208. The second-order valence-electron chi connectivity index (χ2n) is 6.97. The van der Waals surface area contributed by atoms with Crippen LogP contribution in [0.1, 0.15) is 26.3 Å². The van der Waals surface area contributed by atoms with Crippen molar-refractivity contribution < 1.29 is 9.59 Å². The standard InChI is InChI=1S/C26H15ClO2/c27-26(29)22-15-14-21-19-12-5-4-10-17(19)18-11-6-7-13-20(18)23(21)24(22)25(28)16-8-2-1-3-9-16/h1-15H. The first-order valence-corrected chi connectivity index (χ1v) is 9.70. The molecule has 0 N–H and O–H groups in total. The van der Waals surface area contributed by atoms with E-state index < -0.39 is 5.24 Å². The SMILES string of the molecule is O=C(Cl)c1ccc2c3ccccc3c3ccccc3c2c1C(=O)c1ccccc1. The Labute approximate surface area is 172 Å². The number of ketones is 1. The zero-order valence-corrected chi connectivity index (χ0v) is 16.1. The zero-order valence-electron chi connectivity index (χ0n) is 15.4. The number of benzene rings is 5. The summed E-state index contributed by atoms with van der Waals surface area (Å²) in [6.45, 7) is 0. The molecule has 2 nitrogen and oxygen atoms in total. The van der Waals surface area contributed by atoms with Gasteiger partial charge in [0.15, 0.2) is 5.78 Å². The summed E-state index contributed by atoms with van der Waals surface area (Å²) in [4.78, 5) is 25.8. The molecule has 0 heterocycles. The minimum atomic E-state index is -0.636. The maximum absolute atomic E-state index is 13.6. The second-order valence-corrected chi connectivity index (χ2v) is 7.31. The summed E-state index contributed by atoms with van der Waals surface area (Å²) in [7, 11) is 0. The number of carbonyl (C=O) groups excluding carboxylic acids is 2. The fourth-order valence-corrected chi connectivity index (χ4v) is 4.29. The van der Waals surface area contributed by atoms with Crippen LogP contribution >= 0.6 is 11.6 Å². The minimum Gasteiger partial charge on any atom is -0.289 e. The summed E-state index contributed by atoms with van der Waals surface area (Å²) in [6.07, 6.45) is 0. The number of fused-ring (bicyclic) bond motifs is 6. The van der Waals surface area contributed by atoms with Gasteiger partial charge in [0, 0.05) is 22.1 Å². The van der Waals surface area contributed by atoms with E-state index >= 15 is 0 Å². The Morgan fingerprint density at radius 1 is 0.552 bits per heavy atom. The largest absolute Gasteiger partial charge is 0.289 e. The average Bonchev–Trinajstić information content (AvgIpc) is 2.78. The lowest BCUT2D eigenvalue weighted by molar-refractivity contribution is 0.102. The van der Waals surface area contributed by atoms with Gasteiger partial charge in [-0.25, -0.2) is 0 Å². The average molecular weight is 395 g/mol. The number of rotatable bonds is 3. The molecule has 0 aliphatic heterocycles. The molecule has 0 saturated heterocycles. The number of halogens is 1. The molecular weight excluding hydrogens is 380 g/mol. The topological polar surface area (TPSA) is 34.1 Å². The predicted molar refractivity (Wildman–Crippen MR) is 119 cm³/mol. The molecule has 0 aromatic heterocycles. The summed E-state index contributed by atoms with van der Waals surface area (Å²) < 4.78 is 0. The van der Waals surface area contributed by atoms with E-state index in [1.54, 1.807) is 18.2 Å². The number of hydrogen-bond donors (Lipinski definition) is 0. The van der Waals surface area contributed by atoms with E-state index in [2.05, 4.69) is 6.07 Å². The molecule has 138 valence electrons. The normalized spacial score (nSPS) is 11.2. The van der Waals surface area contributed by atoms with Crippen molar-refractivity contribution in [3.05, 3.63) is 108 Å². The number of hydrogen-bond acceptors (Lipinski definition) is 2. The van der Waals surface area contributed by atoms with Crippen LogP contribution in [0.5, 0.6) is 0 Å². The summed E-state index contributed by atoms with van der Waals surface area (Å²) in [5.74, 6) is -0.208. The fraction of sp³-hybridized carbons (Fsp3) is 0. The van der Waals surface area contributed by atoms with E-state index in [0.29, 0.717) is 11.1 Å². The third-order valence-corrected chi connectivity index (χ3v) is 5.59. The van der Waals surface area contributed by atoms with Crippen molar-refractivity contribution in [2.24, 2.45) is 0 Å². The molecule has 0 aliphatic rings. The highest BCUT2D eigenvalue weighted by Crippen LogP contribution is 2.38. The van der Waals surface area contributed by atoms with E-state index in [1.165, 1.54) is 0 Å². The van der Waals surface area contributed by atoms with Gasteiger partial charge in [0.1, 0.15) is 0 Å². The van der Waals surface area contributed by atoms with Gasteiger partial charge < -0.3 is 0 Å². The van der Waals surface area contributed by atoms with Gasteiger partial charge >= 0.3 is 0 Å². The molecule has 0 spiro atoms. The van der Waals surface area contributed by atoms with Gasteiger partial charge in [0.05, 0.1) is 0 Å². The van der Waals surface area contributed by atoms with Crippen molar-refractivity contribution in [1.29, 1.82) is 0 Å². The zero-order chi connectivity index (χ0) is 20.0. The maximum Gasteiger partial charge on any atom is 0.253 e. The van der Waals surface area contributed by atoms with Crippen LogP contribution < -0.4 is 0 Å². The van der Waals surface area contributed by atoms with Crippen LogP contribution in [0.3, 0.4) is 0 Å². The van der Waals surface area contributed by atoms with Gasteiger partial charge in [-0.15, -0.1) is 0 Å². The van der Waals surface area contributed by atoms with Crippen LogP contribution in [0, 0.1) is 0 Å². The molecule has 0 atom stereocenters. The molecule has 0 unspecified atom stereocenters. The third-order valence-electron chi connectivity index (χ3n) is 5.38. The summed E-state index contributed by atoms with van der Waals surface area (Å²) >= 11 is 5.92.